The molecule has 1 fully saturated rings. The summed E-state index contributed by atoms with van der Waals surface area (Å²) in [5, 5.41) is 8.03. The molecule has 0 N–H and O–H groups in total. The van der Waals surface area contributed by atoms with Crippen LogP contribution in [-0.2, 0) is 6.42 Å². The van der Waals surface area contributed by atoms with Gasteiger partial charge in [-0.15, -0.1) is 34.0 Å². The van der Waals surface area contributed by atoms with Crippen LogP contribution < -0.4 is 3.11 Å². The second-order valence-corrected chi connectivity index (χ2v) is 20.9. The zero-order chi connectivity index (χ0) is 38.9. The molecule has 11 aromatic rings. The number of nitrogens with zero attached hydrogens (tertiary/aromatic N) is 1. The van der Waals surface area contributed by atoms with Crippen LogP contribution in [0.2, 0.25) is 0 Å². The lowest BCUT2D eigenvalue weighted by Crippen LogP contribution is -2.03. The Bertz CT molecular complexity index is 3530. The Kier molecular flexibility index (Phi) is 7.80. The van der Waals surface area contributed by atoms with Crippen molar-refractivity contribution in [3.8, 4) is 22.3 Å². The summed E-state index contributed by atoms with van der Waals surface area (Å²) in [4.78, 5) is 0. The van der Waals surface area contributed by atoms with Crippen molar-refractivity contribution in [1.29, 1.82) is 0 Å². The highest BCUT2D eigenvalue weighted by atomic mass is 127. The maximum Gasteiger partial charge on any atom is 0.0646 e. The van der Waals surface area contributed by atoms with E-state index in [0.717, 1.165) is 18.3 Å². The third-order valence-electron chi connectivity index (χ3n) is 13.2. The molecular formula is C54H36INS3. The first kappa shape index (κ1) is 34.8. The largest absolute Gasteiger partial charge is 0.283 e. The molecule has 2 aliphatic carbocycles. The molecule has 0 saturated heterocycles. The minimum absolute atomic E-state index is 0.441. The SMILES string of the molecule is C[C@@H](Cc1ccc2sc3cc(-c4ccc5c(c4)sc4ccc(N(I)c6ccc7sc8ccccc8c7c6)cc45)ccc3c2c1)c1ccc2c(c1)-c1ccccc1C1C[C@@H]21. The van der Waals surface area contributed by atoms with Gasteiger partial charge in [-0.1, -0.05) is 97.9 Å². The fourth-order valence-corrected chi connectivity index (χ4v) is 14.0. The van der Waals surface area contributed by atoms with Crippen molar-refractivity contribution in [2.24, 2.45) is 0 Å². The van der Waals surface area contributed by atoms with Gasteiger partial charge in [0.2, 0.25) is 0 Å². The molecule has 1 unspecified atom stereocenters. The molecule has 2 aliphatic rings. The molecule has 1 nitrogen and oxygen atoms in total. The van der Waals surface area contributed by atoms with E-state index in [2.05, 4.69) is 191 Å². The van der Waals surface area contributed by atoms with Crippen LogP contribution in [0.15, 0.2) is 158 Å². The number of thiophene rings is 3. The Balaban J connectivity index is 0.779. The lowest BCUT2D eigenvalue weighted by atomic mass is 9.82. The van der Waals surface area contributed by atoms with Crippen LogP contribution in [0.1, 0.15) is 53.4 Å². The normalized spacial score (nSPS) is 16.2. The predicted molar refractivity (Wildman–Crippen MR) is 267 cm³/mol. The lowest BCUT2D eigenvalue weighted by Gasteiger charge is -2.22. The van der Waals surface area contributed by atoms with Gasteiger partial charge in [0.15, 0.2) is 0 Å². The molecule has 3 atom stereocenters. The molecule has 3 heterocycles. The lowest BCUT2D eigenvalue weighted by molar-refractivity contribution is 0.759. The van der Waals surface area contributed by atoms with E-state index in [1.165, 1.54) is 112 Å². The average Bonchev–Trinajstić information content (AvgIpc) is 3.71. The van der Waals surface area contributed by atoms with Crippen molar-refractivity contribution in [3.05, 3.63) is 180 Å². The molecule has 0 spiro atoms. The Morgan fingerprint density at radius 1 is 0.492 bits per heavy atom. The zero-order valence-electron chi connectivity index (χ0n) is 32.2. The fraction of sp³-hybridized carbons (Fsp3) is 0.111. The van der Waals surface area contributed by atoms with Gasteiger partial charge in [0.25, 0.3) is 0 Å². The van der Waals surface area contributed by atoms with E-state index in [9.17, 15) is 0 Å². The van der Waals surface area contributed by atoms with Crippen LogP contribution in [-0.4, -0.2) is 0 Å². The summed E-state index contributed by atoms with van der Waals surface area (Å²) < 4.78 is 10.3. The summed E-state index contributed by atoms with van der Waals surface area (Å²) in [6, 6.07) is 60.3. The third-order valence-corrected chi connectivity index (χ3v) is 17.7. The summed E-state index contributed by atoms with van der Waals surface area (Å²) in [5.74, 6) is 1.90. The van der Waals surface area contributed by atoms with Crippen molar-refractivity contribution < 1.29 is 0 Å². The minimum atomic E-state index is 0.441. The van der Waals surface area contributed by atoms with E-state index >= 15 is 0 Å². The highest BCUT2D eigenvalue weighted by molar-refractivity contribution is 14.1. The van der Waals surface area contributed by atoms with Crippen LogP contribution in [0, 0.1) is 0 Å². The standard InChI is InChI=1S/C54H36INS3/c1-30(32-11-16-39-43(24-32)37-6-2-3-7-38(37)44-29-45(39)44)22-31-10-19-50-46(23-31)41-17-12-33(25-53(41)58-50)34-13-18-42-48-28-36(15-21-52(48)59-54(42)26-34)56(55)35-14-20-51-47(27-35)40-8-4-5-9-49(40)57-51/h2-21,23-28,30,44-45H,22,29H2,1H3/t30-,44?,45-/m0/s1. The van der Waals surface area contributed by atoms with E-state index < -0.39 is 0 Å². The molecule has 8 aromatic carbocycles. The van der Waals surface area contributed by atoms with Gasteiger partial charge < -0.3 is 0 Å². The van der Waals surface area contributed by atoms with E-state index in [4.69, 9.17) is 0 Å². The van der Waals surface area contributed by atoms with E-state index in [1.54, 1.807) is 11.1 Å². The maximum absolute atomic E-state index is 2.51. The third kappa shape index (κ3) is 5.58. The van der Waals surface area contributed by atoms with Crippen LogP contribution in [0.5, 0.6) is 0 Å². The first-order valence-corrected chi connectivity index (χ1v) is 23.9. The summed E-state index contributed by atoms with van der Waals surface area (Å²) in [6.07, 6.45) is 2.34. The van der Waals surface area contributed by atoms with Crippen molar-refractivity contribution in [2.45, 2.75) is 37.5 Å². The summed E-state index contributed by atoms with van der Waals surface area (Å²) >= 11 is 8.14. The second-order valence-electron chi connectivity index (χ2n) is 16.7. The number of hydrogen-bond acceptors (Lipinski definition) is 4. The first-order valence-electron chi connectivity index (χ1n) is 20.5. The maximum atomic E-state index is 2.51. The van der Waals surface area contributed by atoms with Gasteiger partial charge in [-0.05, 0) is 142 Å². The Hall–Kier alpha value is -5.05. The fourth-order valence-electron chi connectivity index (χ4n) is 10.0. The molecule has 0 aliphatic heterocycles. The van der Waals surface area contributed by atoms with Crippen LogP contribution in [0.25, 0.3) is 82.8 Å². The number of halogens is 1. The van der Waals surface area contributed by atoms with Crippen LogP contribution in [0.3, 0.4) is 0 Å². The molecular weight excluding hydrogens is 886 g/mol. The highest BCUT2D eigenvalue weighted by Gasteiger charge is 2.45. The molecule has 282 valence electrons. The van der Waals surface area contributed by atoms with Crippen LogP contribution >= 0.6 is 56.9 Å². The van der Waals surface area contributed by atoms with E-state index in [0.29, 0.717) is 5.92 Å². The van der Waals surface area contributed by atoms with Gasteiger partial charge >= 0.3 is 0 Å². The number of anilines is 2. The van der Waals surface area contributed by atoms with E-state index in [-0.39, 0.29) is 0 Å². The molecule has 3 aromatic heterocycles. The van der Waals surface area contributed by atoms with Gasteiger partial charge in [0.1, 0.15) is 0 Å². The molecule has 5 heteroatoms. The topological polar surface area (TPSA) is 3.24 Å². The zero-order valence-corrected chi connectivity index (χ0v) is 36.8. The van der Waals surface area contributed by atoms with Crippen molar-refractivity contribution in [2.75, 3.05) is 3.11 Å². The molecule has 0 radical (unpaired) electrons. The van der Waals surface area contributed by atoms with Gasteiger partial charge in [-0.2, -0.15) is 0 Å². The van der Waals surface area contributed by atoms with Gasteiger partial charge in [-0.3, -0.25) is 3.11 Å². The van der Waals surface area contributed by atoms with Gasteiger partial charge in [0.05, 0.1) is 34.2 Å². The monoisotopic (exact) mass is 921 g/mol. The molecule has 59 heavy (non-hydrogen) atoms. The molecule has 13 rings (SSSR count). The van der Waals surface area contributed by atoms with Crippen molar-refractivity contribution in [3.63, 3.8) is 0 Å². The second kappa shape index (κ2) is 13.2. The Labute approximate surface area is 368 Å². The summed E-state index contributed by atoms with van der Waals surface area (Å²) in [5.41, 5.74) is 13.8. The number of benzene rings is 8. The number of rotatable bonds is 6. The Morgan fingerprint density at radius 2 is 1.05 bits per heavy atom. The molecule has 0 amide bonds. The average molecular weight is 922 g/mol. The quantitative estimate of drug-likeness (QED) is 0.119. The van der Waals surface area contributed by atoms with E-state index in [1.807, 2.05) is 34.0 Å². The van der Waals surface area contributed by atoms with Crippen molar-refractivity contribution >= 4 is 129 Å². The summed E-state index contributed by atoms with van der Waals surface area (Å²) in [7, 11) is 0. The molecule has 0 bridgehead atoms. The summed E-state index contributed by atoms with van der Waals surface area (Å²) in [6.45, 7) is 2.40. The Morgan fingerprint density at radius 3 is 1.76 bits per heavy atom. The number of fused-ring (bicyclic) bond motifs is 15. The first-order chi connectivity index (χ1) is 29.0. The van der Waals surface area contributed by atoms with Crippen molar-refractivity contribution in [1.82, 2.24) is 0 Å². The predicted octanol–water partition coefficient (Wildman–Crippen LogP) is 17.5. The van der Waals surface area contributed by atoms with Gasteiger partial charge in [0, 0.05) is 60.5 Å². The van der Waals surface area contributed by atoms with Gasteiger partial charge in [-0.25, -0.2) is 0 Å². The number of hydrogen-bond donors (Lipinski definition) is 0. The molecule has 1 saturated carbocycles. The smallest absolute Gasteiger partial charge is 0.0646 e. The highest BCUT2D eigenvalue weighted by Crippen LogP contribution is 2.62. The minimum Gasteiger partial charge on any atom is -0.283 e. The van der Waals surface area contributed by atoms with Crippen LogP contribution in [0.4, 0.5) is 11.4 Å².